The molecule has 2 aromatic heterocycles. The van der Waals surface area contributed by atoms with Gasteiger partial charge in [0.25, 0.3) is 0 Å². The quantitative estimate of drug-likeness (QED) is 0.476. The van der Waals surface area contributed by atoms with Crippen LogP contribution < -0.4 is 15.8 Å². The fourth-order valence-electron chi connectivity index (χ4n) is 3.03. The molecule has 0 spiro atoms. The van der Waals surface area contributed by atoms with E-state index >= 15 is 0 Å². The van der Waals surface area contributed by atoms with Crippen molar-refractivity contribution in [3.05, 3.63) is 60.4 Å². The lowest BCUT2D eigenvalue weighted by Gasteiger charge is -2.08. The Morgan fingerprint density at radius 2 is 1.82 bits per heavy atom. The number of ether oxygens (including phenoxy) is 1. The van der Waals surface area contributed by atoms with E-state index in [4.69, 9.17) is 10.5 Å². The fourth-order valence-corrected chi connectivity index (χ4v) is 3.03. The van der Waals surface area contributed by atoms with E-state index in [0.29, 0.717) is 24.4 Å². The van der Waals surface area contributed by atoms with Gasteiger partial charge in [0, 0.05) is 29.9 Å². The summed E-state index contributed by atoms with van der Waals surface area (Å²) in [6, 6.07) is 14.1. The smallest absolute Gasteiger partial charge is 0.222 e. The van der Waals surface area contributed by atoms with E-state index in [9.17, 15) is 0 Å². The van der Waals surface area contributed by atoms with Crippen LogP contribution in [0.25, 0.3) is 22.0 Å². The molecule has 2 heterocycles. The minimum absolute atomic E-state index is 0.419. The minimum atomic E-state index is 0.419. The van der Waals surface area contributed by atoms with Gasteiger partial charge in [-0.05, 0) is 48.2 Å². The van der Waals surface area contributed by atoms with Crippen molar-refractivity contribution >= 4 is 22.7 Å². The normalized spacial score (nSPS) is 13.6. The van der Waals surface area contributed by atoms with Gasteiger partial charge >= 0.3 is 0 Å². The summed E-state index contributed by atoms with van der Waals surface area (Å²) in [6.45, 7) is 0.655. The molecule has 0 unspecified atom stereocenters. The molecule has 7 heteroatoms. The van der Waals surface area contributed by atoms with E-state index < -0.39 is 0 Å². The van der Waals surface area contributed by atoms with Gasteiger partial charge in [-0.15, -0.1) is 0 Å². The van der Waals surface area contributed by atoms with E-state index in [-0.39, 0.29) is 0 Å². The SMILES string of the molecule is Nc1n[nH]c2cc(-c3cnc(NCc4ccc(OC5CC5)cc4)nc3)ccc12. The number of hydrogen-bond acceptors (Lipinski definition) is 6. The first-order chi connectivity index (χ1) is 13.7. The van der Waals surface area contributed by atoms with E-state index in [1.54, 1.807) is 0 Å². The van der Waals surface area contributed by atoms with Gasteiger partial charge in [-0.2, -0.15) is 5.10 Å². The largest absolute Gasteiger partial charge is 0.490 e. The summed E-state index contributed by atoms with van der Waals surface area (Å²) in [4.78, 5) is 8.85. The third kappa shape index (κ3) is 3.46. The third-order valence-electron chi connectivity index (χ3n) is 4.78. The molecule has 140 valence electrons. The number of benzene rings is 2. The molecule has 5 rings (SSSR count). The first-order valence-electron chi connectivity index (χ1n) is 9.30. The Bertz CT molecular complexity index is 1100. The van der Waals surface area contributed by atoms with Crippen LogP contribution in [0.1, 0.15) is 18.4 Å². The number of nitrogens with two attached hydrogens (primary N) is 1. The van der Waals surface area contributed by atoms with Crippen molar-refractivity contribution in [2.24, 2.45) is 0 Å². The molecule has 1 saturated carbocycles. The van der Waals surface area contributed by atoms with Crippen molar-refractivity contribution in [3.63, 3.8) is 0 Å². The van der Waals surface area contributed by atoms with Crippen molar-refractivity contribution < 1.29 is 4.74 Å². The second kappa shape index (κ2) is 6.84. The minimum Gasteiger partial charge on any atom is -0.490 e. The molecule has 7 nitrogen and oxygen atoms in total. The van der Waals surface area contributed by atoms with Crippen LogP contribution in [-0.4, -0.2) is 26.3 Å². The average Bonchev–Trinajstić information content (AvgIpc) is 3.48. The number of nitrogens with zero attached hydrogens (tertiary/aromatic N) is 3. The van der Waals surface area contributed by atoms with Crippen LogP contribution in [-0.2, 0) is 6.54 Å². The van der Waals surface area contributed by atoms with Crippen LogP contribution >= 0.6 is 0 Å². The summed E-state index contributed by atoms with van der Waals surface area (Å²) in [5.74, 6) is 2.03. The molecule has 0 atom stereocenters. The summed E-state index contributed by atoms with van der Waals surface area (Å²) in [7, 11) is 0. The predicted octanol–water partition coefficient (Wildman–Crippen LogP) is 3.76. The van der Waals surface area contributed by atoms with Gasteiger partial charge in [0.05, 0.1) is 11.6 Å². The molecule has 1 fully saturated rings. The zero-order valence-corrected chi connectivity index (χ0v) is 15.2. The molecule has 2 aromatic carbocycles. The van der Waals surface area contributed by atoms with Crippen molar-refractivity contribution in [2.45, 2.75) is 25.5 Å². The van der Waals surface area contributed by atoms with Gasteiger partial charge in [0.1, 0.15) is 5.75 Å². The van der Waals surface area contributed by atoms with Crippen LogP contribution in [0.15, 0.2) is 54.9 Å². The summed E-state index contributed by atoms with van der Waals surface area (Å²) in [6.07, 6.45) is 6.37. The highest BCUT2D eigenvalue weighted by molar-refractivity contribution is 5.91. The highest BCUT2D eigenvalue weighted by Crippen LogP contribution is 2.27. The summed E-state index contributed by atoms with van der Waals surface area (Å²) in [5.41, 5.74) is 9.80. The van der Waals surface area contributed by atoms with Gasteiger partial charge < -0.3 is 15.8 Å². The van der Waals surface area contributed by atoms with Crippen molar-refractivity contribution in [2.75, 3.05) is 11.1 Å². The lowest BCUT2D eigenvalue weighted by molar-refractivity contribution is 0.303. The van der Waals surface area contributed by atoms with Crippen LogP contribution in [0.2, 0.25) is 0 Å². The van der Waals surface area contributed by atoms with Gasteiger partial charge in [-0.25, -0.2) is 9.97 Å². The highest BCUT2D eigenvalue weighted by Gasteiger charge is 2.23. The maximum absolute atomic E-state index is 5.82. The molecule has 0 bridgehead atoms. The topological polar surface area (TPSA) is 102 Å². The zero-order valence-electron chi connectivity index (χ0n) is 15.2. The van der Waals surface area contributed by atoms with E-state index in [1.807, 2.05) is 42.7 Å². The number of hydrogen-bond donors (Lipinski definition) is 3. The Morgan fingerprint density at radius 1 is 1.04 bits per heavy atom. The van der Waals surface area contributed by atoms with Crippen LogP contribution in [0, 0.1) is 0 Å². The van der Waals surface area contributed by atoms with Gasteiger partial charge in [0.15, 0.2) is 5.82 Å². The van der Waals surface area contributed by atoms with E-state index in [0.717, 1.165) is 33.3 Å². The highest BCUT2D eigenvalue weighted by atomic mass is 16.5. The number of nitrogens with one attached hydrogen (secondary N) is 2. The molecule has 0 saturated heterocycles. The molecule has 0 aliphatic heterocycles. The van der Waals surface area contributed by atoms with E-state index in [1.165, 1.54) is 12.8 Å². The molecular weight excluding hydrogens is 352 g/mol. The fraction of sp³-hybridized carbons (Fsp3) is 0.190. The molecule has 4 N–H and O–H groups in total. The number of H-pyrrole nitrogens is 1. The Morgan fingerprint density at radius 3 is 2.57 bits per heavy atom. The molecule has 4 aromatic rings. The Hall–Kier alpha value is -3.61. The van der Waals surface area contributed by atoms with Gasteiger partial charge in [-0.1, -0.05) is 18.2 Å². The summed E-state index contributed by atoms with van der Waals surface area (Å²) < 4.78 is 5.77. The number of rotatable bonds is 6. The van der Waals surface area contributed by atoms with Crippen molar-refractivity contribution in [1.29, 1.82) is 0 Å². The number of fused-ring (bicyclic) bond motifs is 1. The Balaban J connectivity index is 1.24. The molecule has 0 amide bonds. The number of aromatic amines is 1. The Kier molecular flexibility index (Phi) is 4.05. The summed E-state index contributed by atoms with van der Waals surface area (Å²) in [5, 5.41) is 11.1. The van der Waals surface area contributed by atoms with Gasteiger partial charge in [-0.3, -0.25) is 5.10 Å². The maximum Gasteiger partial charge on any atom is 0.222 e. The number of anilines is 2. The van der Waals surface area contributed by atoms with Crippen LogP contribution in [0.4, 0.5) is 11.8 Å². The lowest BCUT2D eigenvalue weighted by atomic mass is 10.1. The van der Waals surface area contributed by atoms with E-state index in [2.05, 4.69) is 37.6 Å². The monoisotopic (exact) mass is 372 g/mol. The number of aromatic nitrogens is 4. The standard InChI is InChI=1S/C21H20N6O/c22-20-18-8-3-14(9-19(18)26-27-20)15-11-24-21(25-12-15)23-10-13-1-4-16(5-2-13)28-17-6-7-17/h1-5,8-9,11-12,17H,6-7,10H2,(H3,22,26,27)(H,23,24,25). The molecule has 28 heavy (non-hydrogen) atoms. The average molecular weight is 372 g/mol. The van der Waals surface area contributed by atoms with Crippen molar-refractivity contribution in [3.8, 4) is 16.9 Å². The Labute approximate surface area is 162 Å². The molecular formula is C21H20N6O. The maximum atomic E-state index is 5.82. The summed E-state index contributed by atoms with van der Waals surface area (Å²) >= 11 is 0. The third-order valence-corrected chi connectivity index (χ3v) is 4.78. The second-order valence-corrected chi connectivity index (χ2v) is 6.98. The number of nitrogen functional groups attached to an aromatic ring is 1. The molecule has 1 aliphatic rings. The van der Waals surface area contributed by atoms with Gasteiger partial charge in [0.2, 0.25) is 5.95 Å². The predicted molar refractivity (Wildman–Crippen MR) is 109 cm³/mol. The lowest BCUT2D eigenvalue weighted by Crippen LogP contribution is -2.03. The first kappa shape index (κ1) is 16.6. The molecule has 1 aliphatic carbocycles. The van der Waals surface area contributed by atoms with Crippen LogP contribution in [0.5, 0.6) is 5.75 Å². The van der Waals surface area contributed by atoms with Crippen LogP contribution in [0.3, 0.4) is 0 Å². The zero-order chi connectivity index (χ0) is 18.9. The second-order valence-electron chi connectivity index (χ2n) is 6.98. The molecule has 0 radical (unpaired) electrons. The first-order valence-corrected chi connectivity index (χ1v) is 9.30. The van der Waals surface area contributed by atoms with Crippen molar-refractivity contribution in [1.82, 2.24) is 20.2 Å².